The van der Waals surface area contributed by atoms with E-state index in [0.29, 0.717) is 12.3 Å². The number of carbonyl (C=O) groups is 2. The smallest absolute Gasteiger partial charge is 0.327 e. The molecule has 1 aliphatic rings. The number of carboxylic acid groups (broad SMARTS) is 1. The quantitative estimate of drug-likeness (QED) is 0.861. The van der Waals surface area contributed by atoms with Gasteiger partial charge in [-0.1, -0.05) is 6.92 Å². The first-order valence-electron chi connectivity index (χ1n) is 6.41. The van der Waals surface area contributed by atoms with Gasteiger partial charge in [-0.2, -0.15) is 5.10 Å². The number of carbonyl (C=O) groups excluding carboxylic acids is 1. The van der Waals surface area contributed by atoms with Gasteiger partial charge >= 0.3 is 12.0 Å². The van der Waals surface area contributed by atoms with Crippen LogP contribution in [-0.2, 0) is 18.4 Å². The third kappa shape index (κ3) is 3.06. The Hall–Kier alpha value is -1.70. The summed E-state index contributed by atoms with van der Waals surface area (Å²) in [5, 5.41) is 15.9. The lowest BCUT2D eigenvalue weighted by atomic mass is 10.2. The number of thioether (sulfide) groups is 1. The van der Waals surface area contributed by atoms with E-state index in [1.54, 1.807) is 17.9 Å². The van der Waals surface area contributed by atoms with Crippen molar-refractivity contribution in [2.45, 2.75) is 31.3 Å². The molecule has 0 radical (unpaired) electrons. The van der Waals surface area contributed by atoms with E-state index in [4.69, 9.17) is 0 Å². The van der Waals surface area contributed by atoms with Crippen molar-refractivity contribution in [2.24, 2.45) is 7.05 Å². The van der Waals surface area contributed by atoms with Crippen molar-refractivity contribution in [3.05, 3.63) is 18.0 Å². The van der Waals surface area contributed by atoms with E-state index in [9.17, 15) is 14.7 Å². The van der Waals surface area contributed by atoms with E-state index < -0.39 is 12.0 Å². The molecule has 0 aliphatic carbocycles. The zero-order valence-corrected chi connectivity index (χ0v) is 12.3. The minimum Gasteiger partial charge on any atom is -0.480 e. The normalized spacial score (nSPS) is 22.0. The highest BCUT2D eigenvalue weighted by atomic mass is 32.2. The summed E-state index contributed by atoms with van der Waals surface area (Å²) in [6.07, 6.45) is 4.21. The van der Waals surface area contributed by atoms with E-state index in [-0.39, 0.29) is 11.4 Å². The Labute approximate surface area is 121 Å². The van der Waals surface area contributed by atoms with Crippen molar-refractivity contribution in [1.82, 2.24) is 20.0 Å². The van der Waals surface area contributed by atoms with Crippen molar-refractivity contribution in [3.63, 3.8) is 0 Å². The van der Waals surface area contributed by atoms with Crippen molar-refractivity contribution in [3.8, 4) is 0 Å². The first-order valence-corrected chi connectivity index (χ1v) is 7.46. The summed E-state index contributed by atoms with van der Waals surface area (Å²) in [6.45, 7) is 2.29. The van der Waals surface area contributed by atoms with Crippen LogP contribution in [-0.4, -0.2) is 49.0 Å². The Morgan fingerprint density at radius 3 is 2.90 bits per heavy atom. The van der Waals surface area contributed by atoms with E-state index in [1.165, 1.54) is 16.7 Å². The summed E-state index contributed by atoms with van der Waals surface area (Å²) in [7, 11) is 1.80. The van der Waals surface area contributed by atoms with Crippen LogP contribution in [0.2, 0.25) is 0 Å². The van der Waals surface area contributed by atoms with Gasteiger partial charge in [-0.05, 0) is 6.42 Å². The first-order chi connectivity index (χ1) is 9.52. The zero-order chi connectivity index (χ0) is 14.7. The summed E-state index contributed by atoms with van der Waals surface area (Å²) in [6, 6.07) is -1.09. The maximum absolute atomic E-state index is 12.2. The lowest BCUT2D eigenvalue weighted by Crippen LogP contribution is -2.49. The van der Waals surface area contributed by atoms with Gasteiger partial charge in [0.15, 0.2) is 0 Å². The maximum atomic E-state index is 12.2. The molecule has 2 rings (SSSR count). The van der Waals surface area contributed by atoms with Crippen LogP contribution < -0.4 is 5.32 Å². The predicted molar refractivity (Wildman–Crippen MR) is 75.2 cm³/mol. The van der Waals surface area contributed by atoms with Crippen molar-refractivity contribution < 1.29 is 14.7 Å². The second kappa shape index (κ2) is 6.17. The molecular weight excluding hydrogens is 280 g/mol. The van der Waals surface area contributed by atoms with E-state index in [2.05, 4.69) is 10.4 Å². The molecule has 1 aromatic heterocycles. The number of hydrogen-bond donors (Lipinski definition) is 2. The highest BCUT2D eigenvalue weighted by Gasteiger charge is 2.40. The summed E-state index contributed by atoms with van der Waals surface area (Å²) in [5.74, 6) is -0.515. The molecule has 2 amide bonds. The Kier molecular flexibility index (Phi) is 4.53. The SMILES string of the molecule is CCC1SCC(C(=O)O)N1C(=O)NCc1cnn(C)c1. The second-order valence-electron chi connectivity index (χ2n) is 4.64. The van der Waals surface area contributed by atoms with Crippen LogP contribution in [0.15, 0.2) is 12.4 Å². The summed E-state index contributed by atoms with van der Waals surface area (Å²) < 4.78 is 1.65. The number of rotatable bonds is 4. The number of nitrogens with one attached hydrogen (secondary N) is 1. The lowest BCUT2D eigenvalue weighted by Gasteiger charge is -2.26. The van der Waals surface area contributed by atoms with Crippen LogP contribution in [0, 0.1) is 0 Å². The van der Waals surface area contributed by atoms with Crippen molar-refractivity contribution in [1.29, 1.82) is 0 Å². The molecule has 0 aromatic carbocycles. The third-order valence-corrected chi connectivity index (χ3v) is 4.62. The molecule has 0 saturated carbocycles. The van der Waals surface area contributed by atoms with Gasteiger partial charge in [0.25, 0.3) is 0 Å². The van der Waals surface area contributed by atoms with Gasteiger partial charge in [0.2, 0.25) is 0 Å². The molecule has 20 heavy (non-hydrogen) atoms. The van der Waals surface area contributed by atoms with Crippen LogP contribution in [0.5, 0.6) is 0 Å². The molecule has 1 aliphatic heterocycles. The van der Waals surface area contributed by atoms with Gasteiger partial charge in [-0.3, -0.25) is 9.58 Å². The standard InChI is InChI=1S/C12H18N4O3S/c1-3-10-16(9(7-20-10)11(17)18)12(19)13-4-8-5-14-15(2)6-8/h5-6,9-10H,3-4,7H2,1-2H3,(H,13,19)(H,17,18). The third-order valence-electron chi connectivity index (χ3n) is 3.16. The molecule has 8 heteroatoms. The number of nitrogens with zero attached hydrogens (tertiary/aromatic N) is 3. The largest absolute Gasteiger partial charge is 0.480 e. The molecule has 2 N–H and O–H groups in total. The number of urea groups is 1. The molecule has 0 bridgehead atoms. The van der Waals surface area contributed by atoms with Gasteiger partial charge in [0.05, 0.1) is 11.6 Å². The van der Waals surface area contributed by atoms with E-state index in [1.807, 2.05) is 13.1 Å². The number of amides is 2. The maximum Gasteiger partial charge on any atom is 0.327 e. The Morgan fingerprint density at radius 1 is 1.60 bits per heavy atom. The fourth-order valence-electron chi connectivity index (χ4n) is 2.17. The number of aromatic nitrogens is 2. The first kappa shape index (κ1) is 14.7. The monoisotopic (exact) mass is 298 g/mol. The molecule has 110 valence electrons. The van der Waals surface area contributed by atoms with Crippen LogP contribution in [0.3, 0.4) is 0 Å². The fraction of sp³-hybridized carbons (Fsp3) is 0.583. The summed E-state index contributed by atoms with van der Waals surface area (Å²) in [4.78, 5) is 24.9. The lowest BCUT2D eigenvalue weighted by molar-refractivity contribution is -0.141. The second-order valence-corrected chi connectivity index (χ2v) is 5.85. The average molecular weight is 298 g/mol. The van der Waals surface area contributed by atoms with E-state index in [0.717, 1.165) is 12.0 Å². The zero-order valence-electron chi connectivity index (χ0n) is 11.4. The van der Waals surface area contributed by atoms with Crippen LogP contribution in [0.1, 0.15) is 18.9 Å². The number of carboxylic acids is 1. The number of aryl methyl sites for hydroxylation is 1. The highest BCUT2D eigenvalue weighted by Crippen LogP contribution is 2.31. The molecule has 0 spiro atoms. The van der Waals surface area contributed by atoms with Gasteiger partial charge in [-0.15, -0.1) is 11.8 Å². The number of aliphatic carboxylic acids is 1. The van der Waals surface area contributed by atoms with Gasteiger partial charge in [-0.25, -0.2) is 9.59 Å². The van der Waals surface area contributed by atoms with Gasteiger partial charge < -0.3 is 10.4 Å². The molecular formula is C12H18N4O3S. The van der Waals surface area contributed by atoms with Gasteiger partial charge in [0.1, 0.15) is 6.04 Å². The predicted octanol–water partition coefficient (Wildman–Crippen LogP) is 0.868. The minimum atomic E-state index is -0.954. The van der Waals surface area contributed by atoms with Crippen LogP contribution in [0.4, 0.5) is 4.79 Å². The molecule has 7 nitrogen and oxygen atoms in total. The summed E-state index contributed by atoms with van der Waals surface area (Å²) >= 11 is 1.51. The van der Waals surface area contributed by atoms with Gasteiger partial charge in [0, 0.05) is 31.1 Å². The Balaban J connectivity index is 2.00. The van der Waals surface area contributed by atoms with E-state index >= 15 is 0 Å². The molecule has 2 heterocycles. The van der Waals surface area contributed by atoms with Crippen molar-refractivity contribution >= 4 is 23.8 Å². The summed E-state index contributed by atoms with van der Waals surface area (Å²) in [5.41, 5.74) is 0.882. The highest BCUT2D eigenvalue weighted by molar-refractivity contribution is 8.00. The molecule has 1 fully saturated rings. The number of hydrogen-bond acceptors (Lipinski definition) is 4. The van der Waals surface area contributed by atoms with Crippen LogP contribution >= 0.6 is 11.8 Å². The molecule has 2 atom stereocenters. The van der Waals surface area contributed by atoms with Crippen molar-refractivity contribution in [2.75, 3.05) is 5.75 Å². The molecule has 1 aromatic rings. The minimum absolute atomic E-state index is 0.0787. The average Bonchev–Trinajstić information content (AvgIpc) is 3.01. The molecule has 2 unspecified atom stereocenters. The Bertz CT molecular complexity index is 505. The topological polar surface area (TPSA) is 87.5 Å². The van der Waals surface area contributed by atoms with Crippen LogP contribution in [0.25, 0.3) is 0 Å². The molecule has 1 saturated heterocycles. The Morgan fingerprint density at radius 2 is 2.35 bits per heavy atom. The fourth-order valence-corrected chi connectivity index (χ4v) is 3.52.